The van der Waals surface area contributed by atoms with Crippen LogP contribution in [0.15, 0.2) is 48.7 Å². The molecule has 4 rings (SSSR count). The van der Waals surface area contributed by atoms with E-state index in [9.17, 15) is 18.0 Å². The molecule has 4 nitrogen and oxygen atoms in total. The van der Waals surface area contributed by atoms with Gasteiger partial charge >= 0.3 is 6.18 Å². The largest absolute Gasteiger partial charge is 0.416 e. The standard InChI is InChI=1S/C20H18F3N3O/c1-12-3-2-4-18-25-15(11-26(12)18)10-24-19(27)17-9-16(17)13-5-7-14(8-6-13)20(21,22)23/h2-8,11,16-17H,9-10H2,1H3,(H,24,27). The van der Waals surface area contributed by atoms with E-state index in [-0.39, 0.29) is 17.7 Å². The number of alkyl halides is 3. The Bertz CT molecular complexity index is 992. The number of amides is 1. The third kappa shape index (κ3) is 3.54. The molecule has 2 atom stereocenters. The summed E-state index contributed by atoms with van der Waals surface area (Å²) in [6.07, 6.45) is -1.79. The molecule has 0 bridgehead atoms. The van der Waals surface area contributed by atoms with E-state index in [1.165, 1.54) is 12.1 Å². The van der Waals surface area contributed by atoms with Gasteiger partial charge in [0.1, 0.15) is 5.65 Å². The van der Waals surface area contributed by atoms with Gasteiger partial charge in [-0.25, -0.2) is 4.98 Å². The quantitative estimate of drug-likeness (QED) is 0.749. The number of nitrogens with one attached hydrogen (secondary N) is 1. The van der Waals surface area contributed by atoms with Crippen molar-refractivity contribution in [1.82, 2.24) is 14.7 Å². The Kier molecular flexibility index (Phi) is 4.17. The van der Waals surface area contributed by atoms with E-state index in [0.29, 0.717) is 13.0 Å². The molecule has 1 N–H and O–H groups in total. The molecule has 1 aromatic carbocycles. The van der Waals surface area contributed by atoms with Crippen LogP contribution in [-0.4, -0.2) is 15.3 Å². The lowest BCUT2D eigenvalue weighted by molar-refractivity contribution is -0.137. The van der Waals surface area contributed by atoms with Gasteiger partial charge in [0.2, 0.25) is 5.91 Å². The lowest BCUT2D eigenvalue weighted by atomic mass is 10.1. The van der Waals surface area contributed by atoms with E-state index >= 15 is 0 Å². The molecule has 2 heterocycles. The molecule has 7 heteroatoms. The van der Waals surface area contributed by atoms with Gasteiger partial charge in [-0.15, -0.1) is 0 Å². The Morgan fingerprint density at radius 1 is 1.22 bits per heavy atom. The van der Waals surface area contributed by atoms with Crippen molar-refractivity contribution >= 4 is 11.6 Å². The van der Waals surface area contributed by atoms with Crippen molar-refractivity contribution in [1.29, 1.82) is 0 Å². The number of hydrogen-bond acceptors (Lipinski definition) is 2. The van der Waals surface area contributed by atoms with Crippen molar-refractivity contribution in [3.05, 3.63) is 71.2 Å². The molecular formula is C20H18F3N3O. The van der Waals surface area contributed by atoms with Gasteiger partial charge in [0.05, 0.1) is 17.8 Å². The van der Waals surface area contributed by atoms with E-state index < -0.39 is 11.7 Å². The van der Waals surface area contributed by atoms with Crippen LogP contribution in [0.2, 0.25) is 0 Å². The molecular weight excluding hydrogens is 355 g/mol. The second-order valence-electron chi connectivity index (χ2n) is 6.91. The molecule has 2 unspecified atom stereocenters. The average Bonchev–Trinajstić information content (AvgIpc) is 3.32. The number of aromatic nitrogens is 2. The minimum atomic E-state index is -4.34. The number of fused-ring (bicyclic) bond motifs is 1. The molecule has 1 aliphatic carbocycles. The summed E-state index contributed by atoms with van der Waals surface area (Å²) in [5.41, 5.74) is 2.75. The molecule has 1 saturated carbocycles. The van der Waals surface area contributed by atoms with E-state index in [4.69, 9.17) is 0 Å². The van der Waals surface area contributed by atoms with Crippen LogP contribution in [0.3, 0.4) is 0 Å². The maximum absolute atomic E-state index is 12.6. The monoisotopic (exact) mass is 373 g/mol. The minimum Gasteiger partial charge on any atom is -0.350 e. The molecule has 27 heavy (non-hydrogen) atoms. The van der Waals surface area contributed by atoms with Crippen LogP contribution < -0.4 is 5.32 Å². The number of carbonyl (C=O) groups excluding carboxylic acids is 1. The van der Waals surface area contributed by atoms with Crippen LogP contribution in [0.25, 0.3) is 5.65 Å². The van der Waals surface area contributed by atoms with Crippen molar-refractivity contribution in [2.45, 2.75) is 32.0 Å². The number of pyridine rings is 1. The van der Waals surface area contributed by atoms with Crippen LogP contribution in [0, 0.1) is 12.8 Å². The maximum Gasteiger partial charge on any atom is 0.416 e. The number of hydrogen-bond donors (Lipinski definition) is 1. The Hall–Kier alpha value is -2.83. The topological polar surface area (TPSA) is 46.4 Å². The van der Waals surface area contributed by atoms with E-state index in [1.807, 2.05) is 35.7 Å². The smallest absolute Gasteiger partial charge is 0.350 e. The van der Waals surface area contributed by atoms with Crippen molar-refractivity contribution < 1.29 is 18.0 Å². The number of imidazole rings is 1. The summed E-state index contributed by atoms with van der Waals surface area (Å²) >= 11 is 0. The Labute approximate surface area is 154 Å². The van der Waals surface area contributed by atoms with Gasteiger partial charge in [-0.05, 0) is 49.1 Å². The third-order valence-corrected chi connectivity index (χ3v) is 4.98. The Morgan fingerprint density at radius 3 is 2.63 bits per heavy atom. The van der Waals surface area contributed by atoms with Crippen molar-refractivity contribution in [2.75, 3.05) is 0 Å². The van der Waals surface area contributed by atoms with E-state index in [1.54, 1.807) is 0 Å². The SMILES string of the molecule is Cc1cccc2nc(CNC(=O)C3CC3c3ccc(C(F)(F)F)cc3)cn12. The number of halogens is 3. The lowest BCUT2D eigenvalue weighted by Gasteiger charge is -2.07. The molecule has 0 saturated heterocycles. The van der Waals surface area contributed by atoms with Crippen LogP contribution in [0.5, 0.6) is 0 Å². The van der Waals surface area contributed by atoms with Gasteiger partial charge in [0, 0.05) is 17.8 Å². The van der Waals surface area contributed by atoms with Crippen LogP contribution in [0.4, 0.5) is 13.2 Å². The zero-order valence-electron chi connectivity index (χ0n) is 14.6. The molecule has 0 radical (unpaired) electrons. The highest BCUT2D eigenvalue weighted by atomic mass is 19.4. The molecule has 2 aromatic heterocycles. The number of aryl methyl sites for hydroxylation is 1. The summed E-state index contributed by atoms with van der Waals surface area (Å²) in [5, 5.41) is 2.88. The van der Waals surface area contributed by atoms with Gasteiger partial charge < -0.3 is 9.72 Å². The summed E-state index contributed by atoms with van der Waals surface area (Å²) in [6.45, 7) is 2.31. The molecule has 140 valence electrons. The highest BCUT2D eigenvalue weighted by molar-refractivity contribution is 5.82. The molecule has 0 aliphatic heterocycles. The van der Waals surface area contributed by atoms with E-state index in [0.717, 1.165) is 34.7 Å². The lowest BCUT2D eigenvalue weighted by Crippen LogP contribution is -2.25. The molecule has 1 aliphatic rings. The minimum absolute atomic E-state index is 0.0180. The number of rotatable bonds is 4. The zero-order valence-corrected chi connectivity index (χ0v) is 14.6. The fourth-order valence-electron chi connectivity index (χ4n) is 3.37. The third-order valence-electron chi connectivity index (χ3n) is 4.98. The van der Waals surface area contributed by atoms with Crippen LogP contribution >= 0.6 is 0 Å². The van der Waals surface area contributed by atoms with Gasteiger partial charge in [0.25, 0.3) is 0 Å². The Balaban J connectivity index is 1.36. The van der Waals surface area contributed by atoms with Crippen molar-refractivity contribution in [2.24, 2.45) is 5.92 Å². The predicted molar refractivity (Wildman–Crippen MR) is 94.1 cm³/mol. The first-order chi connectivity index (χ1) is 12.8. The first-order valence-corrected chi connectivity index (χ1v) is 8.71. The fraction of sp³-hybridized carbons (Fsp3) is 0.300. The second-order valence-corrected chi connectivity index (χ2v) is 6.91. The van der Waals surface area contributed by atoms with Crippen molar-refractivity contribution in [3.63, 3.8) is 0 Å². The average molecular weight is 373 g/mol. The number of nitrogens with zero attached hydrogens (tertiary/aromatic N) is 2. The first-order valence-electron chi connectivity index (χ1n) is 8.71. The van der Waals surface area contributed by atoms with Crippen LogP contribution in [-0.2, 0) is 17.5 Å². The predicted octanol–water partition coefficient (Wildman–Crippen LogP) is 4.08. The maximum atomic E-state index is 12.6. The highest BCUT2D eigenvalue weighted by Gasteiger charge is 2.44. The second kappa shape index (κ2) is 6.40. The number of benzene rings is 1. The van der Waals surface area contributed by atoms with Crippen molar-refractivity contribution in [3.8, 4) is 0 Å². The summed E-state index contributed by atoms with van der Waals surface area (Å²) in [5.74, 6) is -0.301. The molecule has 0 spiro atoms. The summed E-state index contributed by atoms with van der Waals surface area (Å²) in [7, 11) is 0. The van der Waals surface area contributed by atoms with Gasteiger partial charge in [-0.3, -0.25) is 4.79 Å². The highest BCUT2D eigenvalue weighted by Crippen LogP contribution is 2.48. The van der Waals surface area contributed by atoms with Gasteiger partial charge in [-0.2, -0.15) is 13.2 Å². The molecule has 1 amide bonds. The fourth-order valence-corrected chi connectivity index (χ4v) is 3.37. The van der Waals surface area contributed by atoms with Crippen LogP contribution in [0.1, 0.15) is 34.9 Å². The normalized spacial score (nSPS) is 19.3. The van der Waals surface area contributed by atoms with Gasteiger partial charge in [-0.1, -0.05) is 18.2 Å². The summed E-state index contributed by atoms with van der Waals surface area (Å²) < 4.78 is 39.9. The molecule has 3 aromatic rings. The number of carbonyl (C=O) groups is 1. The van der Waals surface area contributed by atoms with E-state index in [2.05, 4.69) is 10.3 Å². The Morgan fingerprint density at radius 2 is 1.96 bits per heavy atom. The summed E-state index contributed by atoms with van der Waals surface area (Å²) in [4.78, 5) is 16.8. The van der Waals surface area contributed by atoms with Gasteiger partial charge in [0.15, 0.2) is 0 Å². The zero-order chi connectivity index (χ0) is 19.2. The summed E-state index contributed by atoms with van der Waals surface area (Å²) in [6, 6.07) is 10.9. The molecule has 1 fully saturated rings. The first kappa shape index (κ1) is 17.6.